The lowest BCUT2D eigenvalue weighted by molar-refractivity contribution is -0.121. The first-order valence-electron chi connectivity index (χ1n) is 13.7. The maximum atomic E-state index is 13.3. The van der Waals surface area contributed by atoms with E-state index in [4.69, 9.17) is 0 Å². The number of nitrogens with one attached hydrogen (secondary N) is 3. The molecule has 3 N–H and O–H groups in total. The minimum atomic E-state index is -0.190. The van der Waals surface area contributed by atoms with Gasteiger partial charge in [-0.05, 0) is 54.4 Å². The summed E-state index contributed by atoms with van der Waals surface area (Å²) >= 11 is 0. The second-order valence-electron chi connectivity index (χ2n) is 12.7. The Labute approximate surface area is 218 Å². The molecular weight excluding hydrogens is 448 g/mol. The van der Waals surface area contributed by atoms with Crippen LogP contribution >= 0.6 is 0 Å². The summed E-state index contributed by atoms with van der Waals surface area (Å²) in [7, 11) is 0. The van der Waals surface area contributed by atoms with Crippen LogP contribution in [0.1, 0.15) is 79.7 Å². The van der Waals surface area contributed by atoms with Crippen molar-refractivity contribution in [2.45, 2.75) is 98.8 Å². The molecular formula is C30H48N4O2. The first kappa shape index (κ1) is 28.1. The SMILES string of the molecule is C=C(C(NC(=O)NC(CCC(=O)NCc1ccccc1)C(C)(C)CC)C(C)(C)C)N1C[C@@H]2C[C@@H]2C1C. The number of urea groups is 1. The van der Waals surface area contributed by atoms with Gasteiger partial charge in [0.15, 0.2) is 0 Å². The van der Waals surface area contributed by atoms with Gasteiger partial charge in [-0.2, -0.15) is 0 Å². The van der Waals surface area contributed by atoms with Crippen molar-refractivity contribution in [3.8, 4) is 0 Å². The Bertz CT molecular complexity index is 921. The predicted octanol–water partition coefficient (Wildman–Crippen LogP) is 5.46. The number of carbonyl (C=O) groups excluding carboxylic acids is 2. The molecule has 2 aliphatic rings. The summed E-state index contributed by atoms with van der Waals surface area (Å²) < 4.78 is 0. The first-order valence-corrected chi connectivity index (χ1v) is 13.7. The van der Waals surface area contributed by atoms with Gasteiger partial charge >= 0.3 is 6.03 Å². The molecule has 1 saturated carbocycles. The number of piperidine rings is 1. The normalized spacial score (nSPS) is 22.9. The largest absolute Gasteiger partial charge is 0.370 e. The zero-order valence-corrected chi connectivity index (χ0v) is 23.5. The summed E-state index contributed by atoms with van der Waals surface area (Å²) in [5, 5.41) is 9.48. The number of carbonyl (C=O) groups is 2. The van der Waals surface area contributed by atoms with Gasteiger partial charge in [-0.25, -0.2) is 4.79 Å². The van der Waals surface area contributed by atoms with Crippen molar-refractivity contribution in [1.82, 2.24) is 20.9 Å². The summed E-state index contributed by atoms with van der Waals surface area (Å²) in [5.41, 5.74) is 1.76. The van der Waals surface area contributed by atoms with E-state index in [1.165, 1.54) is 6.42 Å². The van der Waals surface area contributed by atoms with Gasteiger partial charge in [0.25, 0.3) is 0 Å². The molecule has 1 aliphatic carbocycles. The molecule has 0 aromatic heterocycles. The summed E-state index contributed by atoms with van der Waals surface area (Å²) in [6.45, 7) is 21.2. The number of hydrogen-bond donors (Lipinski definition) is 3. The Morgan fingerprint density at radius 1 is 1.11 bits per heavy atom. The zero-order chi connectivity index (χ0) is 26.7. The van der Waals surface area contributed by atoms with Crippen LogP contribution in [0.4, 0.5) is 4.79 Å². The Balaban J connectivity index is 1.59. The lowest BCUT2D eigenvalue weighted by Gasteiger charge is -2.41. The van der Waals surface area contributed by atoms with Crippen LogP contribution in [0.15, 0.2) is 42.6 Å². The summed E-state index contributed by atoms with van der Waals surface area (Å²) in [5.74, 6) is 1.56. The molecule has 6 nitrogen and oxygen atoms in total. The zero-order valence-electron chi connectivity index (χ0n) is 23.5. The molecule has 3 rings (SSSR count). The summed E-state index contributed by atoms with van der Waals surface area (Å²) in [6, 6.07) is 9.90. The number of fused-ring (bicyclic) bond motifs is 1. The van der Waals surface area contributed by atoms with Crippen molar-refractivity contribution in [2.75, 3.05) is 6.54 Å². The highest BCUT2D eigenvalue weighted by Gasteiger charge is 2.51. The fourth-order valence-electron chi connectivity index (χ4n) is 5.46. The molecule has 36 heavy (non-hydrogen) atoms. The minimum absolute atomic E-state index is 0.000459. The molecule has 1 saturated heterocycles. The van der Waals surface area contributed by atoms with Gasteiger partial charge < -0.3 is 20.9 Å². The maximum Gasteiger partial charge on any atom is 0.315 e. The number of rotatable bonds is 11. The Hall–Kier alpha value is -2.50. The van der Waals surface area contributed by atoms with Crippen LogP contribution in [0.2, 0.25) is 0 Å². The number of benzene rings is 1. The highest BCUT2D eigenvalue weighted by molar-refractivity contribution is 5.77. The van der Waals surface area contributed by atoms with Gasteiger partial charge in [0.05, 0.1) is 6.04 Å². The minimum Gasteiger partial charge on any atom is -0.370 e. The average molecular weight is 497 g/mol. The third-order valence-electron chi connectivity index (χ3n) is 8.52. The molecule has 0 bridgehead atoms. The molecule has 2 fully saturated rings. The monoisotopic (exact) mass is 496 g/mol. The van der Waals surface area contributed by atoms with E-state index >= 15 is 0 Å². The van der Waals surface area contributed by atoms with E-state index in [0.29, 0.717) is 25.4 Å². The van der Waals surface area contributed by atoms with E-state index in [2.05, 4.69) is 75.9 Å². The molecule has 6 heteroatoms. The molecule has 3 unspecified atom stereocenters. The number of amides is 3. The molecule has 1 aliphatic heterocycles. The topological polar surface area (TPSA) is 73.5 Å². The van der Waals surface area contributed by atoms with Gasteiger partial charge in [-0.15, -0.1) is 0 Å². The summed E-state index contributed by atoms with van der Waals surface area (Å²) in [6.07, 6.45) is 3.17. The molecule has 1 aromatic rings. The van der Waals surface area contributed by atoms with Crippen molar-refractivity contribution in [1.29, 1.82) is 0 Å². The average Bonchev–Trinajstić information content (AvgIpc) is 3.53. The van der Waals surface area contributed by atoms with Gasteiger partial charge in [-0.3, -0.25) is 4.79 Å². The van der Waals surface area contributed by atoms with Crippen LogP contribution in [0.3, 0.4) is 0 Å². The van der Waals surface area contributed by atoms with Crippen LogP contribution < -0.4 is 16.0 Å². The Morgan fingerprint density at radius 2 is 1.78 bits per heavy atom. The summed E-state index contributed by atoms with van der Waals surface area (Å²) in [4.78, 5) is 28.3. The highest BCUT2D eigenvalue weighted by Crippen LogP contribution is 2.51. The molecule has 3 amide bonds. The lowest BCUT2D eigenvalue weighted by atomic mass is 9.79. The van der Waals surface area contributed by atoms with Crippen LogP contribution in [0.5, 0.6) is 0 Å². The van der Waals surface area contributed by atoms with E-state index in [1.54, 1.807) is 0 Å². The van der Waals surface area contributed by atoms with Crippen molar-refractivity contribution in [3.63, 3.8) is 0 Å². The molecule has 200 valence electrons. The smallest absolute Gasteiger partial charge is 0.315 e. The van der Waals surface area contributed by atoms with Crippen molar-refractivity contribution < 1.29 is 9.59 Å². The Morgan fingerprint density at radius 3 is 2.33 bits per heavy atom. The van der Waals surface area contributed by atoms with Crippen LogP contribution in [-0.2, 0) is 11.3 Å². The number of hydrogen-bond acceptors (Lipinski definition) is 3. The number of likely N-dealkylation sites (tertiary alicyclic amines) is 1. The van der Waals surface area contributed by atoms with Crippen molar-refractivity contribution >= 4 is 11.9 Å². The molecule has 0 spiro atoms. The maximum absolute atomic E-state index is 13.3. The van der Waals surface area contributed by atoms with E-state index in [-0.39, 0.29) is 34.9 Å². The second-order valence-corrected chi connectivity index (χ2v) is 12.7. The van der Waals surface area contributed by atoms with Crippen LogP contribution in [-0.4, -0.2) is 41.5 Å². The van der Waals surface area contributed by atoms with E-state index in [9.17, 15) is 9.59 Å². The number of nitrogens with zero attached hydrogens (tertiary/aromatic N) is 1. The van der Waals surface area contributed by atoms with Crippen molar-refractivity contribution in [3.05, 3.63) is 48.2 Å². The van der Waals surface area contributed by atoms with E-state index in [1.807, 2.05) is 30.3 Å². The standard InChI is InChI=1S/C30H48N4O2/c1-9-30(7,8)25(15-16-26(35)31-18-22-13-11-10-12-14-22)32-28(36)33-27(29(4,5)6)21(3)34-19-23-17-24(23)20(34)2/h10-14,20,23-25,27H,3,9,15-19H2,1-2,4-8H3,(H,31,35)(H2,32,33,36)/t20?,23-,24+,25?,27?/m0/s1. The van der Waals surface area contributed by atoms with Crippen LogP contribution in [0.25, 0.3) is 0 Å². The van der Waals surface area contributed by atoms with Gasteiger partial charge in [0, 0.05) is 37.3 Å². The predicted molar refractivity (Wildman–Crippen MR) is 147 cm³/mol. The fourth-order valence-corrected chi connectivity index (χ4v) is 5.46. The van der Waals surface area contributed by atoms with Gasteiger partial charge in [0.2, 0.25) is 5.91 Å². The third-order valence-corrected chi connectivity index (χ3v) is 8.52. The van der Waals surface area contributed by atoms with E-state index in [0.717, 1.165) is 36.1 Å². The highest BCUT2D eigenvalue weighted by atomic mass is 16.2. The Kier molecular flexibility index (Phi) is 8.79. The molecule has 5 atom stereocenters. The molecule has 0 radical (unpaired) electrons. The first-order chi connectivity index (χ1) is 16.8. The quantitative estimate of drug-likeness (QED) is 0.381. The molecule has 1 aromatic carbocycles. The van der Waals surface area contributed by atoms with E-state index < -0.39 is 0 Å². The van der Waals surface area contributed by atoms with Gasteiger partial charge in [-0.1, -0.05) is 78.5 Å². The second kappa shape index (κ2) is 11.3. The van der Waals surface area contributed by atoms with Gasteiger partial charge in [0.1, 0.15) is 0 Å². The lowest BCUT2D eigenvalue weighted by Crippen LogP contribution is -2.56. The van der Waals surface area contributed by atoms with Crippen molar-refractivity contribution in [2.24, 2.45) is 22.7 Å². The fraction of sp³-hybridized carbons (Fsp3) is 0.667. The third kappa shape index (κ3) is 7.04. The van der Waals surface area contributed by atoms with Crippen LogP contribution in [0, 0.1) is 22.7 Å². The molecule has 1 heterocycles.